The van der Waals surface area contributed by atoms with Crippen molar-refractivity contribution in [3.05, 3.63) is 11.8 Å². The topological polar surface area (TPSA) is 54.7 Å². The maximum absolute atomic E-state index is 5.60. The van der Waals surface area contributed by atoms with Crippen LogP contribution in [0.5, 0.6) is 0 Å². The lowest BCUT2D eigenvalue weighted by Crippen LogP contribution is -2.27. The number of hydrogen-bond donors (Lipinski definition) is 2. The molecule has 0 spiro atoms. The van der Waals surface area contributed by atoms with Gasteiger partial charge in [-0.1, -0.05) is 6.92 Å². The number of nitrogens with one attached hydrogen (secondary N) is 1. The zero-order chi connectivity index (χ0) is 9.31. The van der Waals surface area contributed by atoms with Gasteiger partial charge in [0.15, 0.2) is 0 Å². The van der Waals surface area contributed by atoms with Gasteiger partial charge in [0, 0.05) is 17.2 Å². The highest BCUT2D eigenvalue weighted by Gasteiger charge is 2.30. The molecule has 1 aromatic rings. The Balaban J connectivity index is 2.22. The van der Waals surface area contributed by atoms with Gasteiger partial charge in [0.2, 0.25) is 0 Å². The molecule has 3 nitrogen and oxygen atoms in total. The molecule has 2 rings (SSSR count). The van der Waals surface area contributed by atoms with Gasteiger partial charge >= 0.3 is 0 Å². The summed E-state index contributed by atoms with van der Waals surface area (Å²) in [5, 5.41) is 7.01. The molecular weight excluding hydrogens is 182 g/mol. The van der Waals surface area contributed by atoms with Crippen LogP contribution in [0.4, 0.5) is 5.82 Å². The fraction of sp³-hybridized carbons (Fsp3) is 0.667. The molecule has 2 heterocycles. The van der Waals surface area contributed by atoms with Crippen LogP contribution in [-0.4, -0.2) is 21.7 Å². The third-order valence-electron chi connectivity index (χ3n) is 2.84. The lowest BCUT2D eigenvalue weighted by Gasteiger charge is -2.31. The van der Waals surface area contributed by atoms with Crippen molar-refractivity contribution in [1.82, 2.24) is 10.2 Å². The van der Waals surface area contributed by atoms with E-state index in [4.69, 9.17) is 5.73 Å². The minimum absolute atomic E-state index is 0.274. The lowest BCUT2D eigenvalue weighted by atomic mass is 9.81. The van der Waals surface area contributed by atoms with Crippen molar-refractivity contribution < 1.29 is 0 Å². The number of H-pyrrole nitrogens is 1. The van der Waals surface area contributed by atoms with Crippen LogP contribution < -0.4 is 5.73 Å². The molecule has 1 aliphatic rings. The van der Waals surface area contributed by atoms with Gasteiger partial charge in [-0.3, -0.25) is 5.10 Å². The molecule has 0 aliphatic carbocycles. The van der Waals surface area contributed by atoms with Crippen LogP contribution in [0.3, 0.4) is 0 Å². The third-order valence-corrected chi connectivity index (χ3v) is 3.83. The lowest BCUT2D eigenvalue weighted by molar-refractivity contribution is 0.423. The summed E-state index contributed by atoms with van der Waals surface area (Å²) in [4.78, 5) is 0. The molecule has 1 saturated heterocycles. The van der Waals surface area contributed by atoms with Crippen LogP contribution in [0.15, 0.2) is 6.07 Å². The van der Waals surface area contributed by atoms with Gasteiger partial charge in [-0.15, -0.1) is 0 Å². The molecule has 0 bridgehead atoms. The number of aromatic nitrogens is 2. The van der Waals surface area contributed by atoms with Gasteiger partial charge in [0.05, 0.1) is 0 Å². The number of rotatable bonds is 1. The average molecular weight is 197 g/mol. The highest BCUT2D eigenvalue weighted by Crippen LogP contribution is 2.37. The molecule has 0 atom stereocenters. The molecule has 0 amide bonds. The number of nitrogens with zero attached hydrogens (tertiary/aromatic N) is 1. The fourth-order valence-corrected chi connectivity index (χ4v) is 3.13. The van der Waals surface area contributed by atoms with E-state index in [1.54, 1.807) is 0 Å². The summed E-state index contributed by atoms with van der Waals surface area (Å²) >= 11 is 2.03. The number of nitrogens with two attached hydrogens (primary N) is 1. The molecule has 3 N–H and O–H groups in total. The van der Waals surface area contributed by atoms with Crippen LogP contribution in [0.25, 0.3) is 0 Å². The number of anilines is 1. The van der Waals surface area contributed by atoms with Crippen LogP contribution in [0.1, 0.15) is 25.5 Å². The predicted molar refractivity (Wildman–Crippen MR) is 56.9 cm³/mol. The number of hydrogen-bond acceptors (Lipinski definition) is 3. The average Bonchev–Trinajstić information content (AvgIpc) is 2.54. The van der Waals surface area contributed by atoms with Gasteiger partial charge in [-0.25, -0.2) is 0 Å². The van der Waals surface area contributed by atoms with Crippen molar-refractivity contribution in [2.75, 3.05) is 17.2 Å². The van der Waals surface area contributed by atoms with Crippen molar-refractivity contribution in [2.45, 2.75) is 25.2 Å². The van der Waals surface area contributed by atoms with E-state index in [2.05, 4.69) is 17.1 Å². The quantitative estimate of drug-likeness (QED) is 0.721. The molecule has 0 unspecified atom stereocenters. The number of nitrogen functional groups attached to an aromatic ring is 1. The molecule has 0 radical (unpaired) electrons. The van der Waals surface area contributed by atoms with Crippen molar-refractivity contribution in [1.29, 1.82) is 0 Å². The molecule has 1 aliphatic heterocycles. The zero-order valence-corrected chi connectivity index (χ0v) is 8.66. The van der Waals surface area contributed by atoms with E-state index in [9.17, 15) is 0 Å². The van der Waals surface area contributed by atoms with E-state index in [-0.39, 0.29) is 5.41 Å². The Bertz CT molecular complexity index is 289. The summed E-state index contributed by atoms with van der Waals surface area (Å²) in [6, 6.07) is 1.97. The Kier molecular flexibility index (Phi) is 2.24. The Hall–Kier alpha value is -0.640. The standard InChI is InChI=1S/C9H15N3S/c1-9(2-4-13-5-3-9)7-6-8(10)12-11-7/h6H,2-5H2,1H3,(H3,10,11,12). The summed E-state index contributed by atoms with van der Waals surface area (Å²) < 4.78 is 0. The first-order valence-corrected chi connectivity index (χ1v) is 5.75. The fourth-order valence-electron chi connectivity index (χ4n) is 1.74. The van der Waals surface area contributed by atoms with E-state index in [0.717, 1.165) is 0 Å². The van der Waals surface area contributed by atoms with Crippen LogP contribution >= 0.6 is 11.8 Å². The molecule has 0 saturated carbocycles. The smallest absolute Gasteiger partial charge is 0.145 e. The molecule has 1 aromatic heterocycles. The van der Waals surface area contributed by atoms with E-state index in [0.29, 0.717) is 5.82 Å². The van der Waals surface area contributed by atoms with Gasteiger partial charge in [0.1, 0.15) is 5.82 Å². The van der Waals surface area contributed by atoms with Crippen molar-refractivity contribution in [2.24, 2.45) is 0 Å². The molecule has 13 heavy (non-hydrogen) atoms. The first-order chi connectivity index (χ1) is 6.21. The van der Waals surface area contributed by atoms with E-state index < -0.39 is 0 Å². The van der Waals surface area contributed by atoms with Crippen LogP contribution in [0.2, 0.25) is 0 Å². The maximum Gasteiger partial charge on any atom is 0.145 e. The summed E-state index contributed by atoms with van der Waals surface area (Å²) in [6.45, 7) is 2.29. The SMILES string of the molecule is CC1(c2cc(N)n[nH]2)CCSCC1. The Labute approximate surface area is 82.5 Å². The normalized spacial score (nSPS) is 21.6. The molecule has 72 valence electrons. The highest BCUT2D eigenvalue weighted by atomic mass is 32.2. The van der Waals surface area contributed by atoms with E-state index in [1.165, 1.54) is 30.0 Å². The van der Waals surface area contributed by atoms with Crippen LogP contribution in [0, 0.1) is 0 Å². The highest BCUT2D eigenvalue weighted by molar-refractivity contribution is 7.99. The summed E-state index contributed by atoms with van der Waals surface area (Å²) in [6.07, 6.45) is 2.44. The van der Waals surface area contributed by atoms with Crippen molar-refractivity contribution in [3.8, 4) is 0 Å². The van der Waals surface area contributed by atoms with Gasteiger partial charge < -0.3 is 5.73 Å². The Morgan fingerprint density at radius 3 is 2.77 bits per heavy atom. The number of aromatic amines is 1. The maximum atomic E-state index is 5.60. The van der Waals surface area contributed by atoms with Crippen LogP contribution in [-0.2, 0) is 5.41 Å². The molecule has 1 fully saturated rings. The van der Waals surface area contributed by atoms with Gasteiger partial charge in [-0.05, 0) is 24.3 Å². The van der Waals surface area contributed by atoms with E-state index >= 15 is 0 Å². The van der Waals surface area contributed by atoms with E-state index in [1.807, 2.05) is 17.8 Å². The second-order valence-corrected chi connectivity index (χ2v) is 5.10. The first kappa shape index (κ1) is 8.94. The summed E-state index contributed by atoms with van der Waals surface area (Å²) in [5.41, 5.74) is 7.07. The van der Waals surface area contributed by atoms with Crippen molar-refractivity contribution >= 4 is 17.6 Å². The monoisotopic (exact) mass is 197 g/mol. The van der Waals surface area contributed by atoms with Gasteiger partial charge in [0.25, 0.3) is 0 Å². The second kappa shape index (κ2) is 3.25. The van der Waals surface area contributed by atoms with Crippen molar-refractivity contribution in [3.63, 3.8) is 0 Å². The number of thioether (sulfide) groups is 1. The minimum Gasteiger partial charge on any atom is -0.382 e. The minimum atomic E-state index is 0.274. The van der Waals surface area contributed by atoms with Gasteiger partial charge in [-0.2, -0.15) is 16.9 Å². The second-order valence-electron chi connectivity index (χ2n) is 3.88. The predicted octanol–water partition coefficient (Wildman–Crippen LogP) is 1.78. The zero-order valence-electron chi connectivity index (χ0n) is 7.84. The molecular formula is C9H15N3S. The Morgan fingerprint density at radius 1 is 1.54 bits per heavy atom. The first-order valence-electron chi connectivity index (χ1n) is 4.60. The molecule has 0 aromatic carbocycles. The Morgan fingerprint density at radius 2 is 2.23 bits per heavy atom. The third kappa shape index (κ3) is 1.68. The summed E-state index contributed by atoms with van der Waals surface area (Å²) in [5.74, 6) is 3.10. The largest absolute Gasteiger partial charge is 0.382 e. The molecule has 4 heteroatoms. The summed E-state index contributed by atoms with van der Waals surface area (Å²) in [7, 11) is 0.